The zero-order chi connectivity index (χ0) is 17.9. The number of para-hydroxylation sites is 1. The molecule has 0 N–H and O–H groups in total. The fourth-order valence-electron chi connectivity index (χ4n) is 3.53. The van der Waals surface area contributed by atoms with Gasteiger partial charge in [-0.2, -0.15) is 0 Å². The Labute approximate surface area is 153 Å². The van der Waals surface area contributed by atoms with Gasteiger partial charge in [0.15, 0.2) is 0 Å². The molecule has 26 heavy (non-hydrogen) atoms. The van der Waals surface area contributed by atoms with Crippen LogP contribution in [-0.2, 0) is 0 Å². The maximum atomic E-state index is 13.4. The number of nitrogens with zero attached hydrogens (tertiary/aromatic N) is 3. The van der Waals surface area contributed by atoms with E-state index in [2.05, 4.69) is 24.1 Å². The van der Waals surface area contributed by atoms with Gasteiger partial charge in [-0.1, -0.05) is 43.7 Å². The van der Waals surface area contributed by atoms with Gasteiger partial charge in [-0.3, -0.25) is 9.78 Å². The van der Waals surface area contributed by atoms with Crippen molar-refractivity contribution in [2.24, 2.45) is 0 Å². The smallest absolute Gasteiger partial charge is 0.255 e. The predicted molar refractivity (Wildman–Crippen MR) is 104 cm³/mol. The van der Waals surface area contributed by atoms with Gasteiger partial charge in [0.05, 0.1) is 22.8 Å². The van der Waals surface area contributed by atoms with Crippen LogP contribution < -0.4 is 0 Å². The Kier molecular flexibility index (Phi) is 4.48. The van der Waals surface area contributed by atoms with Crippen LogP contribution in [0.5, 0.6) is 0 Å². The molecule has 0 saturated carbocycles. The number of carbonyl (C=O) groups excluding carboxylic acids is 1. The summed E-state index contributed by atoms with van der Waals surface area (Å²) in [5.41, 5.74) is 3.31. The third-order valence-electron chi connectivity index (χ3n) is 4.83. The highest BCUT2D eigenvalue weighted by Gasteiger charge is 2.26. The molecule has 1 atom stereocenters. The lowest BCUT2D eigenvalue weighted by Crippen LogP contribution is -2.36. The fraction of sp³-hybridized carbons (Fsp3) is 0.227. The Hall–Kier alpha value is -3.01. The van der Waals surface area contributed by atoms with Crippen LogP contribution in [0.15, 0.2) is 67.0 Å². The molecule has 130 valence electrons. The summed E-state index contributed by atoms with van der Waals surface area (Å²) >= 11 is 0. The van der Waals surface area contributed by atoms with Crippen molar-refractivity contribution in [1.82, 2.24) is 14.9 Å². The van der Waals surface area contributed by atoms with E-state index in [1.165, 1.54) is 0 Å². The second-order valence-corrected chi connectivity index (χ2v) is 6.55. The summed E-state index contributed by atoms with van der Waals surface area (Å²) in [6.07, 6.45) is 9.77. The summed E-state index contributed by atoms with van der Waals surface area (Å²) in [4.78, 5) is 24.2. The molecule has 3 aromatic rings. The number of carbonyl (C=O) groups is 1. The van der Waals surface area contributed by atoms with E-state index in [1.54, 1.807) is 12.4 Å². The maximum absolute atomic E-state index is 13.4. The standard InChI is InChI=1S/C22H21N3O/c1-2-6-17-7-5-14-25(17)22(26)19-15-21(16-10-12-23-13-11-16)24-20-9-4-3-8-18(19)20/h3-5,7-13,15,17H,2,6,14H2,1H3/t17-/m1/s1. The topological polar surface area (TPSA) is 46.1 Å². The van der Waals surface area contributed by atoms with Crippen LogP contribution in [0.25, 0.3) is 22.2 Å². The van der Waals surface area contributed by atoms with Gasteiger partial charge in [0, 0.05) is 29.9 Å². The minimum absolute atomic E-state index is 0.0716. The number of fused-ring (bicyclic) bond motifs is 1. The highest BCUT2D eigenvalue weighted by atomic mass is 16.2. The molecule has 1 aliphatic heterocycles. The molecule has 0 bridgehead atoms. The van der Waals surface area contributed by atoms with Crippen molar-refractivity contribution in [1.29, 1.82) is 0 Å². The third-order valence-corrected chi connectivity index (χ3v) is 4.83. The largest absolute Gasteiger partial charge is 0.328 e. The molecular formula is C22H21N3O. The van der Waals surface area contributed by atoms with Gasteiger partial charge >= 0.3 is 0 Å². The Morgan fingerprint density at radius 1 is 1.19 bits per heavy atom. The second-order valence-electron chi connectivity index (χ2n) is 6.55. The molecule has 4 nitrogen and oxygen atoms in total. The number of rotatable bonds is 4. The molecular weight excluding hydrogens is 322 g/mol. The van der Waals surface area contributed by atoms with Crippen LogP contribution >= 0.6 is 0 Å². The molecule has 2 aromatic heterocycles. The van der Waals surface area contributed by atoms with Crippen molar-refractivity contribution in [3.05, 3.63) is 72.6 Å². The molecule has 0 saturated heterocycles. The number of aromatic nitrogens is 2. The highest BCUT2D eigenvalue weighted by Crippen LogP contribution is 2.27. The Bertz CT molecular complexity index is 966. The van der Waals surface area contributed by atoms with Gasteiger partial charge < -0.3 is 4.90 Å². The van der Waals surface area contributed by atoms with Crippen LogP contribution in [0.1, 0.15) is 30.1 Å². The van der Waals surface area contributed by atoms with Crippen molar-refractivity contribution >= 4 is 16.8 Å². The molecule has 3 heterocycles. The van der Waals surface area contributed by atoms with E-state index in [4.69, 9.17) is 4.98 Å². The summed E-state index contributed by atoms with van der Waals surface area (Å²) in [6, 6.07) is 13.8. The van der Waals surface area contributed by atoms with Gasteiger partial charge in [0.1, 0.15) is 0 Å². The summed E-state index contributed by atoms with van der Waals surface area (Å²) < 4.78 is 0. The van der Waals surface area contributed by atoms with Gasteiger partial charge in [-0.05, 0) is 30.7 Å². The SMILES string of the molecule is CCC[C@@H]1C=CCN1C(=O)c1cc(-c2ccncc2)nc2ccccc12. The van der Waals surface area contributed by atoms with Crippen molar-refractivity contribution in [2.75, 3.05) is 6.54 Å². The molecule has 0 spiro atoms. The first-order valence-electron chi connectivity index (χ1n) is 9.05. The van der Waals surface area contributed by atoms with Crippen LogP contribution in [0, 0.1) is 0 Å². The van der Waals surface area contributed by atoms with Crippen molar-refractivity contribution in [2.45, 2.75) is 25.8 Å². The molecule has 4 rings (SSSR count). The molecule has 1 aliphatic rings. The molecule has 0 unspecified atom stereocenters. The summed E-state index contributed by atoms with van der Waals surface area (Å²) in [5.74, 6) is 0.0716. The minimum Gasteiger partial charge on any atom is -0.328 e. The third kappa shape index (κ3) is 2.99. The second kappa shape index (κ2) is 7.08. The van der Waals surface area contributed by atoms with Crippen LogP contribution in [0.2, 0.25) is 0 Å². The lowest BCUT2D eigenvalue weighted by molar-refractivity contribution is 0.0746. The van der Waals surface area contributed by atoms with E-state index >= 15 is 0 Å². The quantitative estimate of drug-likeness (QED) is 0.656. The highest BCUT2D eigenvalue weighted by molar-refractivity contribution is 6.07. The predicted octanol–water partition coefficient (Wildman–Crippen LogP) is 4.48. The van der Waals surface area contributed by atoms with Crippen molar-refractivity contribution in [3.8, 4) is 11.3 Å². The molecule has 0 fully saturated rings. The van der Waals surface area contributed by atoms with Crippen molar-refractivity contribution < 1.29 is 4.79 Å². The number of benzene rings is 1. The van der Waals surface area contributed by atoms with Crippen LogP contribution in [-0.4, -0.2) is 33.4 Å². The Balaban J connectivity index is 1.82. The number of pyridine rings is 2. The van der Waals surface area contributed by atoms with Gasteiger partial charge in [-0.15, -0.1) is 0 Å². The van der Waals surface area contributed by atoms with Crippen LogP contribution in [0.3, 0.4) is 0 Å². The average Bonchev–Trinajstić information content (AvgIpc) is 3.16. The molecule has 0 radical (unpaired) electrons. The molecule has 1 amide bonds. The number of amides is 1. The zero-order valence-corrected chi connectivity index (χ0v) is 14.8. The minimum atomic E-state index is 0.0716. The van der Waals surface area contributed by atoms with E-state index in [1.807, 2.05) is 47.4 Å². The average molecular weight is 343 g/mol. The lowest BCUT2D eigenvalue weighted by Gasteiger charge is -2.25. The first kappa shape index (κ1) is 16.5. The summed E-state index contributed by atoms with van der Waals surface area (Å²) in [6.45, 7) is 2.82. The van der Waals surface area contributed by atoms with Crippen LogP contribution in [0.4, 0.5) is 0 Å². The zero-order valence-electron chi connectivity index (χ0n) is 14.8. The van der Waals surface area contributed by atoms with E-state index in [0.29, 0.717) is 12.1 Å². The summed E-state index contributed by atoms with van der Waals surface area (Å²) in [5, 5.41) is 0.900. The van der Waals surface area contributed by atoms with E-state index in [-0.39, 0.29) is 11.9 Å². The normalized spacial score (nSPS) is 16.3. The fourth-order valence-corrected chi connectivity index (χ4v) is 3.53. The van der Waals surface area contributed by atoms with Gasteiger partial charge in [0.25, 0.3) is 5.91 Å². The van der Waals surface area contributed by atoms with Gasteiger partial charge in [-0.25, -0.2) is 4.98 Å². The Morgan fingerprint density at radius 3 is 2.81 bits per heavy atom. The number of hydrogen-bond donors (Lipinski definition) is 0. The molecule has 1 aromatic carbocycles. The molecule has 0 aliphatic carbocycles. The van der Waals surface area contributed by atoms with E-state index < -0.39 is 0 Å². The van der Waals surface area contributed by atoms with E-state index in [9.17, 15) is 4.79 Å². The molecule has 4 heteroatoms. The summed E-state index contributed by atoms with van der Waals surface area (Å²) in [7, 11) is 0. The first-order chi connectivity index (χ1) is 12.8. The lowest BCUT2D eigenvalue weighted by atomic mass is 10.0. The van der Waals surface area contributed by atoms with Gasteiger partial charge in [0.2, 0.25) is 0 Å². The number of hydrogen-bond acceptors (Lipinski definition) is 3. The Morgan fingerprint density at radius 2 is 2.00 bits per heavy atom. The maximum Gasteiger partial charge on any atom is 0.255 e. The monoisotopic (exact) mass is 343 g/mol. The van der Waals surface area contributed by atoms with E-state index in [0.717, 1.165) is 35.0 Å². The van der Waals surface area contributed by atoms with Crippen molar-refractivity contribution in [3.63, 3.8) is 0 Å². The first-order valence-corrected chi connectivity index (χ1v) is 9.05.